The molecular formula is C26H40O5. The number of benzene rings is 1. The van der Waals surface area contributed by atoms with Crippen LogP contribution >= 0.6 is 0 Å². The van der Waals surface area contributed by atoms with Gasteiger partial charge in [-0.3, -0.25) is 0 Å². The second-order valence-electron chi connectivity index (χ2n) is 7.82. The molecular weight excluding hydrogens is 392 g/mol. The van der Waals surface area contributed by atoms with E-state index in [0.717, 1.165) is 31.4 Å². The largest absolute Gasteiger partial charge is 0.463 e. The number of carbonyl (C=O) groups is 2. The van der Waals surface area contributed by atoms with Gasteiger partial charge in [-0.05, 0) is 30.7 Å². The fourth-order valence-corrected chi connectivity index (χ4v) is 3.41. The van der Waals surface area contributed by atoms with Crippen LogP contribution in [0.2, 0.25) is 0 Å². The lowest BCUT2D eigenvalue weighted by Gasteiger charge is -2.16. The molecule has 0 saturated carbocycles. The SMILES string of the molecule is CCCCCCCCCCOC(=O)/C=C/C(=O)OCCC(CCOC)c1ccccc1. The summed E-state index contributed by atoms with van der Waals surface area (Å²) in [6.07, 6.45) is 13.4. The molecule has 174 valence electrons. The van der Waals surface area contributed by atoms with Crippen molar-refractivity contribution in [2.45, 2.75) is 77.0 Å². The molecule has 0 heterocycles. The summed E-state index contributed by atoms with van der Waals surface area (Å²) in [6, 6.07) is 10.1. The molecule has 1 aromatic rings. The topological polar surface area (TPSA) is 61.8 Å². The van der Waals surface area contributed by atoms with Gasteiger partial charge >= 0.3 is 11.9 Å². The van der Waals surface area contributed by atoms with Crippen LogP contribution in [0.5, 0.6) is 0 Å². The highest BCUT2D eigenvalue weighted by Crippen LogP contribution is 2.23. The number of rotatable bonds is 18. The molecule has 0 aliphatic heterocycles. The van der Waals surface area contributed by atoms with Gasteiger partial charge in [0.25, 0.3) is 0 Å². The molecule has 1 atom stereocenters. The summed E-state index contributed by atoms with van der Waals surface area (Å²) in [7, 11) is 1.68. The van der Waals surface area contributed by atoms with Crippen molar-refractivity contribution in [3.63, 3.8) is 0 Å². The molecule has 0 saturated heterocycles. The predicted molar refractivity (Wildman–Crippen MR) is 124 cm³/mol. The zero-order chi connectivity index (χ0) is 22.6. The maximum absolute atomic E-state index is 11.9. The summed E-state index contributed by atoms with van der Waals surface area (Å²) >= 11 is 0. The Morgan fingerprint density at radius 2 is 1.32 bits per heavy atom. The van der Waals surface area contributed by atoms with E-state index in [1.165, 1.54) is 44.1 Å². The average Bonchev–Trinajstić information content (AvgIpc) is 2.79. The third-order valence-electron chi connectivity index (χ3n) is 5.25. The lowest BCUT2D eigenvalue weighted by atomic mass is 9.93. The maximum Gasteiger partial charge on any atom is 0.331 e. The van der Waals surface area contributed by atoms with Gasteiger partial charge in [-0.15, -0.1) is 0 Å². The molecule has 5 heteroatoms. The number of hydrogen-bond donors (Lipinski definition) is 0. The Hall–Kier alpha value is -2.14. The fourth-order valence-electron chi connectivity index (χ4n) is 3.41. The van der Waals surface area contributed by atoms with E-state index in [9.17, 15) is 9.59 Å². The van der Waals surface area contributed by atoms with E-state index in [-0.39, 0.29) is 5.92 Å². The van der Waals surface area contributed by atoms with Crippen LogP contribution in [0.3, 0.4) is 0 Å². The first-order chi connectivity index (χ1) is 15.2. The summed E-state index contributed by atoms with van der Waals surface area (Å²) in [4.78, 5) is 23.6. The van der Waals surface area contributed by atoms with Crippen LogP contribution in [-0.4, -0.2) is 38.9 Å². The van der Waals surface area contributed by atoms with E-state index in [4.69, 9.17) is 14.2 Å². The zero-order valence-electron chi connectivity index (χ0n) is 19.4. The smallest absolute Gasteiger partial charge is 0.331 e. The molecule has 0 aliphatic rings. The summed E-state index contributed by atoms with van der Waals surface area (Å²) in [5.74, 6) is -0.765. The molecule has 0 fully saturated rings. The first kappa shape index (κ1) is 26.9. The Kier molecular flexibility index (Phi) is 16.1. The van der Waals surface area contributed by atoms with E-state index >= 15 is 0 Å². The second-order valence-corrected chi connectivity index (χ2v) is 7.82. The van der Waals surface area contributed by atoms with Crippen LogP contribution in [-0.2, 0) is 23.8 Å². The summed E-state index contributed by atoms with van der Waals surface area (Å²) in [5, 5.41) is 0. The van der Waals surface area contributed by atoms with Crippen LogP contribution in [0.15, 0.2) is 42.5 Å². The lowest BCUT2D eigenvalue weighted by Crippen LogP contribution is -2.10. The van der Waals surface area contributed by atoms with Crippen molar-refractivity contribution < 1.29 is 23.8 Å². The van der Waals surface area contributed by atoms with Gasteiger partial charge in [-0.2, -0.15) is 0 Å². The summed E-state index contributed by atoms with van der Waals surface area (Å²) in [6.45, 7) is 3.55. The molecule has 0 N–H and O–H groups in total. The van der Waals surface area contributed by atoms with Crippen molar-refractivity contribution in [2.24, 2.45) is 0 Å². The van der Waals surface area contributed by atoms with Crippen molar-refractivity contribution in [3.8, 4) is 0 Å². The molecule has 0 aliphatic carbocycles. The van der Waals surface area contributed by atoms with E-state index in [0.29, 0.717) is 26.2 Å². The van der Waals surface area contributed by atoms with E-state index in [1.807, 2.05) is 18.2 Å². The van der Waals surface area contributed by atoms with Crippen LogP contribution in [0.4, 0.5) is 0 Å². The molecule has 0 aromatic heterocycles. The van der Waals surface area contributed by atoms with Gasteiger partial charge in [0.2, 0.25) is 0 Å². The third-order valence-corrected chi connectivity index (χ3v) is 5.25. The number of ether oxygens (including phenoxy) is 3. The van der Waals surface area contributed by atoms with Crippen LogP contribution in [0, 0.1) is 0 Å². The number of unbranched alkanes of at least 4 members (excludes halogenated alkanes) is 7. The van der Waals surface area contributed by atoms with Crippen LogP contribution in [0.25, 0.3) is 0 Å². The standard InChI is InChI=1S/C26H40O5/c1-3-4-5-6-7-8-9-13-20-30-25(27)16-17-26(28)31-22-19-24(18-21-29-2)23-14-11-10-12-15-23/h10-12,14-17,24H,3-9,13,18-22H2,1-2H3/b17-16+. The zero-order valence-corrected chi connectivity index (χ0v) is 19.4. The normalized spacial score (nSPS) is 12.1. The van der Waals surface area contributed by atoms with Gasteiger partial charge in [0.1, 0.15) is 0 Å². The van der Waals surface area contributed by atoms with E-state index in [1.54, 1.807) is 7.11 Å². The summed E-state index contributed by atoms with van der Waals surface area (Å²) < 4.78 is 15.6. The minimum atomic E-state index is -0.525. The Morgan fingerprint density at radius 3 is 1.94 bits per heavy atom. The molecule has 0 bridgehead atoms. The van der Waals surface area contributed by atoms with Crippen LogP contribution in [0.1, 0.15) is 82.6 Å². The van der Waals surface area contributed by atoms with Gasteiger partial charge in [-0.25, -0.2) is 9.59 Å². The molecule has 0 spiro atoms. The average molecular weight is 433 g/mol. The highest BCUT2D eigenvalue weighted by atomic mass is 16.5. The molecule has 31 heavy (non-hydrogen) atoms. The number of esters is 2. The second kappa shape index (κ2) is 18.6. The minimum absolute atomic E-state index is 0.259. The number of carbonyl (C=O) groups excluding carboxylic acids is 2. The maximum atomic E-state index is 11.9. The minimum Gasteiger partial charge on any atom is -0.463 e. The monoisotopic (exact) mass is 432 g/mol. The van der Waals surface area contributed by atoms with Gasteiger partial charge in [0, 0.05) is 25.9 Å². The quantitative estimate of drug-likeness (QED) is 0.162. The van der Waals surface area contributed by atoms with Crippen molar-refractivity contribution >= 4 is 11.9 Å². The Bertz CT molecular complexity index is 611. The van der Waals surface area contributed by atoms with Crippen molar-refractivity contribution in [1.82, 2.24) is 0 Å². The van der Waals surface area contributed by atoms with Crippen molar-refractivity contribution in [1.29, 1.82) is 0 Å². The van der Waals surface area contributed by atoms with Gasteiger partial charge in [0.15, 0.2) is 0 Å². The van der Waals surface area contributed by atoms with Crippen LogP contribution < -0.4 is 0 Å². The number of hydrogen-bond acceptors (Lipinski definition) is 5. The lowest BCUT2D eigenvalue weighted by molar-refractivity contribution is -0.140. The summed E-state index contributed by atoms with van der Waals surface area (Å²) in [5.41, 5.74) is 1.20. The van der Waals surface area contributed by atoms with Crippen molar-refractivity contribution in [2.75, 3.05) is 26.9 Å². The molecule has 1 aromatic carbocycles. The Balaban J connectivity index is 2.16. The van der Waals surface area contributed by atoms with E-state index in [2.05, 4.69) is 19.1 Å². The molecule has 1 rings (SSSR count). The molecule has 5 nitrogen and oxygen atoms in total. The van der Waals surface area contributed by atoms with Crippen molar-refractivity contribution in [3.05, 3.63) is 48.0 Å². The fraction of sp³-hybridized carbons (Fsp3) is 0.615. The first-order valence-corrected chi connectivity index (χ1v) is 11.7. The van der Waals surface area contributed by atoms with E-state index < -0.39 is 11.9 Å². The predicted octanol–water partition coefficient (Wildman–Crippen LogP) is 5.98. The Morgan fingerprint density at radius 1 is 0.774 bits per heavy atom. The highest BCUT2D eigenvalue weighted by Gasteiger charge is 2.12. The molecule has 0 amide bonds. The highest BCUT2D eigenvalue weighted by molar-refractivity contribution is 5.91. The molecule has 0 radical (unpaired) electrons. The van der Waals surface area contributed by atoms with Gasteiger partial charge in [-0.1, -0.05) is 82.2 Å². The first-order valence-electron chi connectivity index (χ1n) is 11.7. The number of methoxy groups -OCH3 is 1. The molecule has 1 unspecified atom stereocenters. The Labute approximate surface area is 188 Å². The third kappa shape index (κ3) is 14.5. The van der Waals surface area contributed by atoms with Gasteiger partial charge < -0.3 is 14.2 Å². The van der Waals surface area contributed by atoms with Gasteiger partial charge in [0.05, 0.1) is 13.2 Å².